The van der Waals surface area contributed by atoms with Crippen molar-refractivity contribution in [3.05, 3.63) is 24.5 Å². The molecule has 0 saturated carbocycles. The number of esters is 1. The second-order valence-electron chi connectivity index (χ2n) is 2.02. The second-order valence-corrected chi connectivity index (χ2v) is 2.02. The van der Waals surface area contributed by atoms with Crippen LogP contribution in [0.25, 0.3) is 0 Å². The van der Waals surface area contributed by atoms with Gasteiger partial charge in [0.15, 0.2) is 0 Å². The molecule has 0 unspecified atom stereocenters. The average molecular weight is 154 g/mol. The second kappa shape index (κ2) is 3.81. The number of hydrogen-bond donors (Lipinski definition) is 0. The third kappa shape index (κ3) is 2.11. The van der Waals surface area contributed by atoms with Crippen LogP contribution in [0.1, 0.15) is 6.92 Å². The highest BCUT2D eigenvalue weighted by atomic mass is 16.6. The Kier molecular flexibility index (Phi) is 2.72. The summed E-state index contributed by atoms with van der Waals surface area (Å²) < 4.78 is 9.68. The first-order valence-electron chi connectivity index (χ1n) is 3.50. The number of ether oxygens (including phenoxy) is 2. The largest absolute Gasteiger partial charge is 0.482 e. The summed E-state index contributed by atoms with van der Waals surface area (Å²) in [5.41, 5.74) is 0. The van der Waals surface area contributed by atoms with Crippen LogP contribution in [-0.2, 0) is 14.3 Å². The van der Waals surface area contributed by atoms with Crippen molar-refractivity contribution in [2.45, 2.75) is 13.0 Å². The van der Waals surface area contributed by atoms with Gasteiger partial charge >= 0.3 is 5.97 Å². The molecular formula is C8H10O3. The molecule has 3 heteroatoms. The van der Waals surface area contributed by atoms with E-state index in [1.807, 2.05) is 0 Å². The van der Waals surface area contributed by atoms with Crippen LogP contribution < -0.4 is 0 Å². The molecule has 1 aliphatic rings. The summed E-state index contributed by atoms with van der Waals surface area (Å²) >= 11 is 0. The summed E-state index contributed by atoms with van der Waals surface area (Å²) in [6.45, 7) is 2.15. The van der Waals surface area contributed by atoms with Crippen LogP contribution >= 0.6 is 0 Å². The van der Waals surface area contributed by atoms with Crippen LogP contribution in [0.3, 0.4) is 0 Å². The zero-order chi connectivity index (χ0) is 8.10. The molecule has 0 aromatic heterocycles. The normalized spacial score (nSPS) is 21.0. The van der Waals surface area contributed by atoms with E-state index in [0.717, 1.165) is 0 Å². The van der Waals surface area contributed by atoms with Gasteiger partial charge in [0.25, 0.3) is 0 Å². The molecule has 1 rings (SSSR count). The fourth-order valence-electron chi connectivity index (χ4n) is 0.744. The standard InChI is InChI=1S/C8H10O3/c1-2-10-8(9)7-5-3-4-6-11-7/h3-7H,2H2,1H3/t7-/m0/s1. The van der Waals surface area contributed by atoms with Crippen LogP contribution in [-0.4, -0.2) is 18.7 Å². The van der Waals surface area contributed by atoms with Crippen LogP contribution in [0.15, 0.2) is 24.5 Å². The number of allylic oxidation sites excluding steroid dienone is 2. The smallest absolute Gasteiger partial charge is 0.351 e. The molecule has 1 aliphatic heterocycles. The molecule has 1 atom stereocenters. The van der Waals surface area contributed by atoms with Crippen molar-refractivity contribution in [2.24, 2.45) is 0 Å². The Morgan fingerprint density at radius 1 is 1.64 bits per heavy atom. The molecule has 0 spiro atoms. The van der Waals surface area contributed by atoms with E-state index < -0.39 is 6.10 Å². The quantitative estimate of drug-likeness (QED) is 0.557. The fourth-order valence-corrected chi connectivity index (χ4v) is 0.744. The Morgan fingerprint density at radius 2 is 2.45 bits per heavy atom. The Hall–Kier alpha value is -1.25. The lowest BCUT2D eigenvalue weighted by molar-refractivity contribution is -0.150. The van der Waals surface area contributed by atoms with Crippen LogP contribution in [0, 0.1) is 0 Å². The molecule has 60 valence electrons. The van der Waals surface area contributed by atoms with Crippen molar-refractivity contribution >= 4 is 5.97 Å². The third-order valence-corrected chi connectivity index (χ3v) is 1.22. The van der Waals surface area contributed by atoms with Crippen molar-refractivity contribution in [1.29, 1.82) is 0 Å². The van der Waals surface area contributed by atoms with E-state index in [2.05, 4.69) is 0 Å². The van der Waals surface area contributed by atoms with Crippen LogP contribution in [0.4, 0.5) is 0 Å². The molecule has 0 aliphatic carbocycles. The van der Waals surface area contributed by atoms with Crippen molar-refractivity contribution in [3.63, 3.8) is 0 Å². The highest BCUT2D eigenvalue weighted by Gasteiger charge is 2.17. The van der Waals surface area contributed by atoms with Crippen molar-refractivity contribution in [1.82, 2.24) is 0 Å². The van der Waals surface area contributed by atoms with Crippen molar-refractivity contribution in [3.8, 4) is 0 Å². The highest BCUT2D eigenvalue weighted by molar-refractivity contribution is 5.77. The van der Waals surface area contributed by atoms with Crippen LogP contribution in [0.2, 0.25) is 0 Å². The lowest BCUT2D eigenvalue weighted by Gasteiger charge is -2.12. The molecule has 0 bridgehead atoms. The van der Waals surface area contributed by atoms with E-state index in [1.165, 1.54) is 6.26 Å². The number of carbonyl (C=O) groups is 1. The number of carbonyl (C=O) groups excluding carboxylic acids is 1. The summed E-state index contributed by atoms with van der Waals surface area (Å²) in [6.07, 6.45) is 6.04. The molecule has 3 nitrogen and oxygen atoms in total. The molecule has 0 amide bonds. The maximum atomic E-state index is 11.0. The van der Waals surface area contributed by atoms with Gasteiger partial charge in [-0.2, -0.15) is 0 Å². The minimum absolute atomic E-state index is 0.340. The van der Waals surface area contributed by atoms with Gasteiger partial charge in [0, 0.05) is 0 Å². The summed E-state index contributed by atoms with van der Waals surface area (Å²) in [6, 6.07) is 0. The molecular weight excluding hydrogens is 144 g/mol. The molecule has 0 N–H and O–H groups in total. The fraction of sp³-hybridized carbons (Fsp3) is 0.375. The lowest BCUT2D eigenvalue weighted by Crippen LogP contribution is -2.23. The average Bonchev–Trinajstić information content (AvgIpc) is 2.07. The highest BCUT2D eigenvalue weighted by Crippen LogP contribution is 2.03. The van der Waals surface area contributed by atoms with Gasteiger partial charge in [-0.1, -0.05) is 6.08 Å². The Bertz CT molecular complexity index is 194. The van der Waals surface area contributed by atoms with Crippen molar-refractivity contribution < 1.29 is 14.3 Å². The first-order valence-corrected chi connectivity index (χ1v) is 3.50. The maximum absolute atomic E-state index is 11.0. The monoisotopic (exact) mass is 154 g/mol. The lowest BCUT2D eigenvalue weighted by atomic mass is 10.3. The first kappa shape index (κ1) is 7.85. The summed E-state index contributed by atoms with van der Waals surface area (Å²) in [5.74, 6) is -0.340. The molecule has 11 heavy (non-hydrogen) atoms. The predicted molar refractivity (Wildman–Crippen MR) is 39.8 cm³/mol. The van der Waals surface area contributed by atoms with Gasteiger partial charge in [-0.05, 0) is 19.1 Å². The van der Waals surface area contributed by atoms with Gasteiger partial charge in [-0.15, -0.1) is 0 Å². The minimum atomic E-state index is -0.556. The number of rotatable bonds is 2. The van der Waals surface area contributed by atoms with Gasteiger partial charge < -0.3 is 9.47 Å². The topological polar surface area (TPSA) is 35.5 Å². The first-order chi connectivity index (χ1) is 5.34. The van der Waals surface area contributed by atoms with Gasteiger partial charge in [0.05, 0.1) is 12.9 Å². The maximum Gasteiger partial charge on any atom is 0.351 e. The van der Waals surface area contributed by atoms with E-state index in [0.29, 0.717) is 6.61 Å². The summed E-state index contributed by atoms with van der Waals surface area (Å²) in [5, 5.41) is 0. The Balaban J connectivity index is 2.42. The minimum Gasteiger partial charge on any atom is -0.482 e. The predicted octanol–water partition coefficient (Wildman–Crippen LogP) is 1.02. The number of hydrogen-bond acceptors (Lipinski definition) is 3. The SMILES string of the molecule is CCOC(=O)[C@@H]1C=CC=CO1. The van der Waals surface area contributed by atoms with E-state index in [-0.39, 0.29) is 5.97 Å². The summed E-state index contributed by atoms with van der Waals surface area (Å²) in [7, 11) is 0. The van der Waals surface area contributed by atoms with Crippen LogP contribution in [0.5, 0.6) is 0 Å². The molecule has 0 fully saturated rings. The van der Waals surface area contributed by atoms with E-state index in [4.69, 9.17) is 9.47 Å². The van der Waals surface area contributed by atoms with Gasteiger partial charge in [0.1, 0.15) is 0 Å². The summed E-state index contributed by atoms with van der Waals surface area (Å²) in [4.78, 5) is 11.0. The molecule has 0 aromatic rings. The van der Waals surface area contributed by atoms with Gasteiger partial charge in [0.2, 0.25) is 6.10 Å². The van der Waals surface area contributed by atoms with E-state index in [9.17, 15) is 4.79 Å². The molecule has 0 aromatic carbocycles. The molecule has 1 heterocycles. The van der Waals surface area contributed by atoms with Gasteiger partial charge in [-0.25, -0.2) is 4.79 Å². The Labute approximate surface area is 65.3 Å². The third-order valence-electron chi connectivity index (χ3n) is 1.22. The van der Waals surface area contributed by atoms with E-state index >= 15 is 0 Å². The Morgan fingerprint density at radius 3 is 3.00 bits per heavy atom. The van der Waals surface area contributed by atoms with Crippen molar-refractivity contribution in [2.75, 3.05) is 6.61 Å². The molecule has 0 radical (unpaired) electrons. The zero-order valence-electron chi connectivity index (χ0n) is 6.32. The molecule has 0 saturated heterocycles. The van der Waals surface area contributed by atoms with Gasteiger partial charge in [-0.3, -0.25) is 0 Å². The zero-order valence-corrected chi connectivity index (χ0v) is 6.32. The van der Waals surface area contributed by atoms with E-state index in [1.54, 1.807) is 25.2 Å².